The lowest BCUT2D eigenvalue weighted by atomic mass is 10.1. The van der Waals surface area contributed by atoms with E-state index in [0.717, 1.165) is 16.7 Å². The zero-order chi connectivity index (χ0) is 24.3. The van der Waals surface area contributed by atoms with Gasteiger partial charge in [-0.2, -0.15) is 13.2 Å². The molecule has 0 aliphatic heterocycles. The summed E-state index contributed by atoms with van der Waals surface area (Å²) in [6.45, 7) is 1.66. The van der Waals surface area contributed by atoms with Crippen LogP contribution < -0.4 is 10.9 Å². The molecule has 3 aromatic rings. The number of hydrogen-bond donors (Lipinski definition) is 1. The zero-order valence-corrected chi connectivity index (χ0v) is 20.1. The minimum atomic E-state index is -4.58. The number of rotatable bonds is 6. The van der Waals surface area contributed by atoms with E-state index in [-0.39, 0.29) is 23.5 Å². The molecule has 6 nitrogen and oxygen atoms in total. The van der Waals surface area contributed by atoms with Gasteiger partial charge in [0.1, 0.15) is 5.56 Å². The number of benzene rings is 2. The summed E-state index contributed by atoms with van der Waals surface area (Å²) in [5.74, 6) is -0.799. The predicted molar refractivity (Wildman–Crippen MR) is 125 cm³/mol. The topological polar surface area (TPSA) is 91.2 Å². The number of aromatic nitrogens is 1. The van der Waals surface area contributed by atoms with Crippen LogP contribution in [0.1, 0.15) is 32.7 Å². The first kappa shape index (κ1) is 25.1. The Bertz CT molecular complexity index is 1270. The highest BCUT2D eigenvalue weighted by Crippen LogP contribution is 2.30. The molecule has 11 heteroatoms. The van der Waals surface area contributed by atoms with Crippen molar-refractivity contribution in [3.05, 3.63) is 96.5 Å². The first-order valence-electron chi connectivity index (χ1n) is 9.49. The van der Waals surface area contributed by atoms with Gasteiger partial charge in [-0.15, -0.1) is 0 Å². The Morgan fingerprint density at radius 3 is 2.36 bits per heavy atom. The van der Waals surface area contributed by atoms with Gasteiger partial charge in [0.15, 0.2) is 0 Å². The van der Waals surface area contributed by atoms with Crippen LogP contribution in [-0.2, 0) is 29.6 Å². The molecule has 0 radical (unpaired) electrons. The normalized spacial score (nSPS) is 12.4. The summed E-state index contributed by atoms with van der Waals surface area (Å²) in [4.78, 5) is 25.8. The highest BCUT2D eigenvalue weighted by molar-refractivity contribution is 14.1. The molecule has 1 atom stereocenters. The van der Waals surface area contributed by atoms with Crippen molar-refractivity contribution in [3.63, 3.8) is 0 Å². The van der Waals surface area contributed by atoms with Crippen molar-refractivity contribution in [3.8, 4) is 5.69 Å². The van der Waals surface area contributed by atoms with Crippen LogP contribution in [0.25, 0.3) is 5.69 Å². The number of nitrogens with one attached hydrogen (secondary N) is 1. The largest absolute Gasteiger partial charge is 0.772 e. The quantitative estimate of drug-likeness (QED) is 0.347. The lowest BCUT2D eigenvalue weighted by molar-refractivity contribution is -0.137. The molecule has 33 heavy (non-hydrogen) atoms. The maximum Gasteiger partial charge on any atom is 0.416 e. The molecule has 1 heterocycles. The molecule has 0 saturated heterocycles. The highest BCUT2D eigenvalue weighted by Gasteiger charge is 2.31. The first-order chi connectivity index (χ1) is 15.5. The molecule has 174 valence electrons. The molecule has 0 saturated carbocycles. The van der Waals surface area contributed by atoms with E-state index in [1.807, 2.05) is 22.6 Å². The fraction of sp³-hybridized carbons (Fsp3) is 0.182. The van der Waals surface area contributed by atoms with Crippen molar-refractivity contribution >= 4 is 39.6 Å². The number of carbonyl (C=O) groups is 1. The average molecular weight is 589 g/mol. The third-order valence-corrected chi connectivity index (χ3v) is 6.48. The lowest BCUT2D eigenvalue weighted by Crippen LogP contribution is -2.33. The van der Waals surface area contributed by atoms with Crippen LogP contribution in [0.3, 0.4) is 0 Å². The maximum atomic E-state index is 13.1. The Balaban J connectivity index is 1.89. The van der Waals surface area contributed by atoms with Gasteiger partial charge in [-0.1, -0.05) is 41.4 Å². The molecule has 1 aromatic heterocycles. The van der Waals surface area contributed by atoms with E-state index in [0.29, 0.717) is 20.4 Å². The van der Waals surface area contributed by atoms with E-state index in [4.69, 9.17) is 0 Å². The highest BCUT2D eigenvalue weighted by atomic mass is 127. The number of nitrogens with zero attached hydrogens (tertiary/aromatic N) is 1. The van der Waals surface area contributed by atoms with Gasteiger partial charge in [-0.3, -0.25) is 18.4 Å². The number of amides is 1. The minimum Gasteiger partial charge on any atom is -0.772 e. The molecule has 1 unspecified atom stereocenters. The molecule has 2 aromatic carbocycles. The van der Waals surface area contributed by atoms with Crippen LogP contribution in [-0.4, -0.2) is 19.2 Å². The number of hydrogen-bond acceptors (Lipinski definition) is 4. The van der Waals surface area contributed by atoms with Crippen LogP contribution in [0.5, 0.6) is 0 Å². The third-order valence-electron chi connectivity index (χ3n) is 4.82. The lowest BCUT2D eigenvalue weighted by Gasteiger charge is -2.16. The molecule has 0 aliphatic rings. The summed E-state index contributed by atoms with van der Waals surface area (Å²) in [6.07, 6.45) is -4.58. The Labute approximate surface area is 203 Å². The fourth-order valence-corrected chi connectivity index (χ4v) is 4.15. The fourth-order valence-electron chi connectivity index (χ4n) is 3.13. The van der Waals surface area contributed by atoms with Crippen LogP contribution in [0.4, 0.5) is 13.2 Å². The van der Waals surface area contributed by atoms with Crippen molar-refractivity contribution in [1.82, 2.24) is 9.88 Å². The van der Waals surface area contributed by atoms with E-state index in [2.05, 4.69) is 5.32 Å². The smallest absolute Gasteiger partial charge is 0.416 e. The van der Waals surface area contributed by atoms with Crippen LogP contribution in [0.15, 0.2) is 59.4 Å². The van der Waals surface area contributed by atoms with Crippen LogP contribution in [0, 0.1) is 10.5 Å². The van der Waals surface area contributed by atoms with E-state index in [9.17, 15) is 31.5 Å². The minimum absolute atomic E-state index is 0.00578. The van der Waals surface area contributed by atoms with Gasteiger partial charge in [0, 0.05) is 27.2 Å². The Morgan fingerprint density at radius 2 is 1.76 bits per heavy atom. The molecule has 0 aliphatic carbocycles. The maximum absolute atomic E-state index is 13.1. The van der Waals surface area contributed by atoms with E-state index in [1.54, 1.807) is 31.2 Å². The number of pyridine rings is 1. The van der Waals surface area contributed by atoms with E-state index < -0.39 is 34.3 Å². The molecule has 3 rings (SSSR count). The standard InChI is InChI=1S/C22H18F3IN2O4S/c1-13-19(26)10-18(20(29)27-11-14-5-7-15(8-6-14)12-33(31)32)21(30)28(13)17-4-2-3-16(9-17)22(23,24)25/h2-10H,11-12H2,1H3,(H,27,29)(H,31,32)/p-1. The third kappa shape index (κ3) is 6.09. The Morgan fingerprint density at radius 1 is 1.12 bits per heavy atom. The van der Waals surface area contributed by atoms with Gasteiger partial charge in [0.05, 0.1) is 5.56 Å². The summed E-state index contributed by atoms with van der Waals surface area (Å²) >= 11 is -0.293. The first-order valence-corrected chi connectivity index (χ1v) is 11.8. The number of alkyl halides is 3. The predicted octanol–water partition coefficient (Wildman–Crippen LogP) is 4.08. The number of halogens is 4. The van der Waals surface area contributed by atoms with Gasteiger partial charge < -0.3 is 9.87 Å². The summed E-state index contributed by atoms with van der Waals surface area (Å²) in [5, 5.41) is 2.62. The van der Waals surface area contributed by atoms with Crippen molar-refractivity contribution in [1.29, 1.82) is 0 Å². The summed E-state index contributed by atoms with van der Waals surface area (Å²) < 4.78 is 62.6. The van der Waals surface area contributed by atoms with Crippen molar-refractivity contribution in [2.24, 2.45) is 0 Å². The number of carbonyl (C=O) groups excluding carboxylic acids is 1. The molecule has 0 fully saturated rings. The molecule has 1 amide bonds. The molecular weight excluding hydrogens is 572 g/mol. The Hall–Kier alpha value is -2.51. The molecule has 1 N–H and O–H groups in total. The van der Waals surface area contributed by atoms with Crippen LogP contribution >= 0.6 is 22.6 Å². The second-order valence-electron chi connectivity index (χ2n) is 7.13. The van der Waals surface area contributed by atoms with Gasteiger partial charge in [-0.05, 0) is 64.9 Å². The summed E-state index contributed by atoms with van der Waals surface area (Å²) in [5.41, 5.74) is -0.160. The zero-order valence-electron chi connectivity index (χ0n) is 17.1. The monoisotopic (exact) mass is 589 g/mol. The van der Waals surface area contributed by atoms with E-state index in [1.165, 1.54) is 18.2 Å². The second-order valence-corrected chi connectivity index (χ2v) is 9.19. The Kier molecular flexibility index (Phi) is 7.75. The van der Waals surface area contributed by atoms with Gasteiger partial charge in [-0.25, -0.2) is 0 Å². The van der Waals surface area contributed by atoms with Gasteiger partial charge >= 0.3 is 6.18 Å². The summed E-state index contributed by atoms with van der Waals surface area (Å²) in [6, 6.07) is 12.3. The van der Waals surface area contributed by atoms with E-state index >= 15 is 0 Å². The molecule has 0 spiro atoms. The van der Waals surface area contributed by atoms with Crippen molar-refractivity contribution < 1.29 is 26.7 Å². The van der Waals surface area contributed by atoms with Gasteiger partial charge in [0.2, 0.25) is 0 Å². The van der Waals surface area contributed by atoms with Crippen molar-refractivity contribution in [2.45, 2.75) is 25.4 Å². The average Bonchev–Trinajstić information content (AvgIpc) is 2.75. The molecular formula is C22H17F3IN2O4S-. The summed E-state index contributed by atoms with van der Waals surface area (Å²) in [7, 11) is 0. The second kappa shape index (κ2) is 10.2. The SMILES string of the molecule is Cc1c(I)cc(C(=O)NCc2ccc(CS(=O)[O-])cc2)c(=O)n1-c1cccc(C(F)(F)F)c1. The molecule has 0 bridgehead atoms. The van der Waals surface area contributed by atoms with Crippen molar-refractivity contribution in [2.75, 3.05) is 0 Å². The van der Waals surface area contributed by atoms with Gasteiger partial charge in [0.25, 0.3) is 11.5 Å². The van der Waals surface area contributed by atoms with Crippen LogP contribution in [0.2, 0.25) is 0 Å².